The Hall–Kier alpha value is -1.34. The topological polar surface area (TPSA) is 74.2 Å². The third-order valence-electron chi connectivity index (χ3n) is 5.83. The van der Waals surface area contributed by atoms with Gasteiger partial charge in [-0.25, -0.2) is 9.37 Å². The molecule has 0 atom stereocenters. The van der Waals surface area contributed by atoms with Crippen LogP contribution >= 0.6 is 0 Å². The molecule has 0 radical (unpaired) electrons. The molecule has 0 saturated carbocycles. The number of nitrogens with two attached hydrogens (primary N) is 2. The smallest absolute Gasteiger partial charge is 0.481 e. The fourth-order valence-electron chi connectivity index (χ4n) is 4.31. The van der Waals surface area contributed by atoms with Crippen molar-refractivity contribution in [1.29, 1.82) is 0 Å². The third-order valence-corrected chi connectivity index (χ3v) is 5.83. The molecule has 0 unspecified atom stereocenters. The van der Waals surface area contributed by atoms with Crippen LogP contribution in [0, 0.1) is 17.7 Å². The van der Waals surface area contributed by atoms with Gasteiger partial charge in [0.05, 0.1) is 7.11 Å². The Labute approximate surface area is 230 Å². The first-order valence-corrected chi connectivity index (χ1v) is 10.1. The van der Waals surface area contributed by atoms with E-state index < -0.39 is 0 Å². The van der Waals surface area contributed by atoms with E-state index in [4.69, 9.17) is 16.2 Å². The van der Waals surface area contributed by atoms with E-state index in [9.17, 15) is 8.78 Å². The Bertz CT molecular complexity index is 1080. The van der Waals surface area contributed by atoms with Gasteiger partial charge in [0.25, 0.3) is 0 Å². The molecule has 0 amide bonds. The monoisotopic (exact) mass is 493 g/mol. The Morgan fingerprint density at radius 1 is 0.935 bits per heavy atom. The number of ether oxygens (including phenoxy) is 1. The molecule has 31 heavy (non-hydrogen) atoms. The van der Waals surface area contributed by atoms with Crippen LogP contribution in [0.5, 0.6) is 5.88 Å². The molecule has 0 aliphatic heterocycles. The van der Waals surface area contributed by atoms with Crippen molar-refractivity contribution in [2.45, 2.75) is 38.5 Å². The van der Waals surface area contributed by atoms with Crippen molar-refractivity contribution in [2.24, 2.45) is 0 Å². The molecule has 0 bridgehead atoms. The van der Waals surface area contributed by atoms with Crippen LogP contribution < -0.4 is 74.4 Å². The van der Waals surface area contributed by atoms with E-state index in [1.807, 2.05) is 6.07 Å². The molecule has 2 aliphatic carbocycles. The first-order chi connectivity index (χ1) is 14.5. The second-order valence-corrected chi connectivity index (χ2v) is 7.58. The maximum absolute atomic E-state index is 14.1. The van der Waals surface area contributed by atoms with Crippen molar-refractivity contribution in [2.75, 3.05) is 18.6 Å². The fourth-order valence-corrected chi connectivity index (χ4v) is 4.31. The summed E-state index contributed by atoms with van der Waals surface area (Å²) in [7, 11) is 1.55. The summed E-state index contributed by atoms with van der Waals surface area (Å²) in [5.74, 6) is 0.192. The minimum absolute atomic E-state index is 0. The van der Waals surface area contributed by atoms with E-state index in [0.717, 1.165) is 71.9 Å². The Kier molecular flexibility index (Phi) is 8.24. The van der Waals surface area contributed by atoms with Gasteiger partial charge in [-0.15, -0.1) is 17.2 Å². The largest absolute Gasteiger partial charge is 1.00 e. The number of rotatable bonds is 2. The van der Waals surface area contributed by atoms with Crippen LogP contribution in [0.2, 0.25) is 0 Å². The molecular weight excluding hydrogens is 470 g/mol. The quantitative estimate of drug-likeness (QED) is 0.421. The predicted octanol–water partition coefficient (Wildman–Crippen LogP) is 1.67. The summed E-state index contributed by atoms with van der Waals surface area (Å²) < 4.78 is 32.2. The van der Waals surface area contributed by atoms with Gasteiger partial charge in [0.15, 0.2) is 0 Å². The average Bonchev–Trinajstić information content (AvgIpc) is 3.45. The normalized spacial score (nSPS) is 13.5. The van der Waals surface area contributed by atoms with Gasteiger partial charge in [0.2, 0.25) is 5.88 Å². The number of pyridine rings is 1. The molecule has 2 aliphatic rings. The van der Waals surface area contributed by atoms with Crippen molar-refractivity contribution in [1.82, 2.24) is 4.98 Å². The SMILES string of the molecule is COc1cc(-c2cc(F)c3c(c2N)CCC3)ccn1.Nc1[c-]cc(F)c2c1CCC2.[Rb+]. The summed E-state index contributed by atoms with van der Waals surface area (Å²) in [6, 6.07) is 9.14. The second-order valence-electron chi connectivity index (χ2n) is 7.58. The van der Waals surface area contributed by atoms with Crippen molar-refractivity contribution < 1.29 is 71.7 Å². The third kappa shape index (κ3) is 5.02. The van der Waals surface area contributed by atoms with Crippen molar-refractivity contribution in [3.8, 4) is 17.0 Å². The molecule has 4 nitrogen and oxygen atoms in total. The summed E-state index contributed by atoms with van der Waals surface area (Å²) in [6.07, 6.45) is 7.02. The van der Waals surface area contributed by atoms with Gasteiger partial charge in [-0.05, 0) is 54.5 Å². The number of nitrogen functional groups attached to an aromatic ring is 2. The summed E-state index contributed by atoms with van der Waals surface area (Å²) in [6.45, 7) is 0. The minimum atomic E-state index is -0.160. The number of nitrogens with zero attached hydrogens (tertiary/aromatic N) is 1. The molecule has 7 heteroatoms. The number of halogens is 2. The first-order valence-electron chi connectivity index (χ1n) is 10.1. The number of hydrogen-bond donors (Lipinski definition) is 2. The number of benzene rings is 2. The summed E-state index contributed by atoms with van der Waals surface area (Å²) in [5.41, 5.74) is 18.2. The van der Waals surface area contributed by atoms with Crippen LogP contribution in [-0.2, 0) is 25.7 Å². The van der Waals surface area contributed by atoms with Gasteiger partial charge >= 0.3 is 58.2 Å². The molecule has 0 spiro atoms. The van der Waals surface area contributed by atoms with Crippen LogP contribution in [0.3, 0.4) is 0 Å². The van der Waals surface area contributed by atoms with E-state index in [1.54, 1.807) is 19.4 Å². The molecule has 1 heterocycles. The van der Waals surface area contributed by atoms with E-state index >= 15 is 0 Å². The van der Waals surface area contributed by atoms with Crippen molar-refractivity contribution in [3.05, 3.63) is 70.4 Å². The van der Waals surface area contributed by atoms with Crippen molar-refractivity contribution >= 4 is 11.4 Å². The molecule has 1 aromatic heterocycles. The van der Waals surface area contributed by atoms with Gasteiger partial charge in [0, 0.05) is 29.3 Å². The van der Waals surface area contributed by atoms with Gasteiger partial charge in [-0.3, -0.25) is 4.39 Å². The summed E-state index contributed by atoms with van der Waals surface area (Å²) in [5, 5.41) is 0. The Morgan fingerprint density at radius 3 is 2.26 bits per heavy atom. The molecule has 0 fully saturated rings. The zero-order valence-electron chi connectivity index (χ0n) is 17.9. The van der Waals surface area contributed by atoms with Gasteiger partial charge < -0.3 is 16.2 Å². The minimum Gasteiger partial charge on any atom is -0.481 e. The molecular formula is C24H24F2N3ORb. The standard InChI is InChI=1S/C15H15FN2O.C9H9FN.Rb/c1-19-14-7-9(5-6-18-14)12-8-13(16)10-3-2-4-11(10)15(12)17;10-8-4-5-9(11)7-3-1-2-6(7)8;/h5-8H,2-4,17H2,1H3;4H,1-3,11H2;/q;-1;+1. The zero-order chi connectivity index (χ0) is 21.3. The first kappa shape index (κ1) is 24.3. The molecule has 2 aromatic carbocycles. The fraction of sp³-hybridized carbons (Fsp3) is 0.292. The molecule has 4 N–H and O–H groups in total. The second kappa shape index (κ2) is 10.5. The van der Waals surface area contributed by atoms with Crippen LogP contribution in [0.15, 0.2) is 30.5 Å². The van der Waals surface area contributed by atoms with Gasteiger partial charge in [0.1, 0.15) is 5.82 Å². The van der Waals surface area contributed by atoms with E-state index in [0.29, 0.717) is 17.3 Å². The molecule has 5 rings (SSSR count). The maximum Gasteiger partial charge on any atom is 1.00 e. The number of fused-ring (bicyclic) bond motifs is 2. The molecule has 0 saturated heterocycles. The maximum atomic E-state index is 14.1. The number of anilines is 2. The van der Waals surface area contributed by atoms with Gasteiger partial charge in [-0.1, -0.05) is 18.5 Å². The number of methoxy groups -OCH3 is 1. The van der Waals surface area contributed by atoms with Crippen LogP contribution in [0.4, 0.5) is 20.2 Å². The van der Waals surface area contributed by atoms with Crippen LogP contribution in [-0.4, -0.2) is 12.1 Å². The van der Waals surface area contributed by atoms with E-state index in [2.05, 4.69) is 11.1 Å². The molecule has 3 aromatic rings. The van der Waals surface area contributed by atoms with E-state index in [1.165, 1.54) is 12.1 Å². The number of aromatic nitrogens is 1. The summed E-state index contributed by atoms with van der Waals surface area (Å²) in [4.78, 5) is 4.05. The van der Waals surface area contributed by atoms with Crippen molar-refractivity contribution in [3.63, 3.8) is 0 Å². The Balaban J connectivity index is 0.000000194. The average molecular weight is 494 g/mol. The van der Waals surface area contributed by atoms with Crippen LogP contribution in [0.1, 0.15) is 35.1 Å². The van der Waals surface area contributed by atoms with Gasteiger partial charge in [-0.2, -0.15) is 6.07 Å². The molecule has 156 valence electrons. The summed E-state index contributed by atoms with van der Waals surface area (Å²) >= 11 is 0. The Morgan fingerprint density at radius 2 is 1.58 bits per heavy atom. The number of hydrogen-bond acceptors (Lipinski definition) is 4. The predicted molar refractivity (Wildman–Crippen MR) is 114 cm³/mol. The van der Waals surface area contributed by atoms with E-state index in [-0.39, 0.29) is 69.8 Å². The van der Waals surface area contributed by atoms with Crippen LogP contribution in [0.25, 0.3) is 11.1 Å². The zero-order valence-corrected chi connectivity index (χ0v) is 22.8.